The van der Waals surface area contributed by atoms with E-state index in [0.29, 0.717) is 31.6 Å². The standard InChI is InChI=1S/C17H24N2O4/c1-3-8-17(2,16(21)22)18-15(20)13-4-6-14(7-5-13)19-9-11-23-12-10-19/h4-7H,3,8-12H2,1-2H3,(H,18,20)(H,21,22). The first-order valence-corrected chi connectivity index (χ1v) is 7.95. The van der Waals surface area contributed by atoms with Gasteiger partial charge < -0.3 is 20.1 Å². The first-order valence-electron chi connectivity index (χ1n) is 7.95. The predicted molar refractivity (Wildman–Crippen MR) is 87.9 cm³/mol. The number of carbonyl (C=O) groups is 2. The summed E-state index contributed by atoms with van der Waals surface area (Å²) in [5.41, 5.74) is 0.263. The van der Waals surface area contributed by atoms with Crippen LogP contribution in [0.25, 0.3) is 0 Å². The van der Waals surface area contributed by atoms with Crippen molar-refractivity contribution in [3.63, 3.8) is 0 Å². The molecular formula is C17H24N2O4. The second-order valence-electron chi connectivity index (χ2n) is 5.99. The van der Waals surface area contributed by atoms with Crippen molar-refractivity contribution in [2.75, 3.05) is 31.2 Å². The molecule has 1 aromatic carbocycles. The number of nitrogens with zero attached hydrogens (tertiary/aromatic N) is 1. The summed E-state index contributed by atoms with van der Waals surface area (Å²) in [5.74, 6) is -1.38. The summed E-state index contributed by atoms with van der Waals surface area (Å²) in [6.45, 7) is 6.51. The third kappa shape index (κ3) is 4.22. The minimum atomic E-state index is -1.24. The molecule has 0 aliphatic carbocycles. The smallest absolute Gasteiger partial charge is 0.329 e. The first kappa shape index (κ1) is 17.3. The summed E-state index contributed by atoms with van der Waals surface area (Å²) in [4.78, 5) is 25.9. The highest BCUT2D eigenvalue weighted by atomic mass is 16.5. The lowest BCUT2D eigenvalue weighted by Crippen LogP contribution is -2.52. The topological polar surface area (TPSA) is 78.9 Å². The zero-order chi connectivity index (χ0) is 16.9. The van der Waals surface area contributed by atoms with Crippen molar-refractivity contribution < 1.29 is 19.4 Å². The molecule has 1 aromatic rings. The van der Waals surface area contributed by atoms with Crippen molar-refractivity contribution >= 4 is 17.6 Å². The Balaban J connectivity index is 2.06. The van der Waals surface area contributed by atoms with E-state index in [1.54, 1.807) is 19.1 Å². The minimum absolute atomic E-state index is 0.364. The number of nitrogens with one attached hydrogen (secondary N) is 1. The Morgan fingerprint density at radius 2 is 1.87 bits per heavy atom. The van der Waals surface area contributed by atoms with E-state index in [1.807, 2.05) is 19.1 Å². The number of hydrogen-bond donors (Lipinski definition) is 2. The van der Waals surface area contributed by atoms with Gasteiger partial charge in [-0.15, -0.1) is 0 Å². The van der Waals surface area contributed by atoms with E-state index in [1.165, 1.54) is 0 Å². The predicted octanol–water partition coefficient (Wildman–Crippen LogP) is 1.90. The van der Waals surface area contributed by atoms with Gasteiger partial charge in [-0.3, -0.25) is 4.79 Å². The summed E-state index contributed by atoms with van der Waals surface area (Å²) in [6.07, 6.45) is 1.07. The molecule has 0 aromatic heterocycles. The van der Waals surface area contributed by atoms with Crippen LogP contribution in [0.1, 0.15) is 37.0 Å². The molecule has 6 nitrogen and oxygen atoms in total. The number of aliphatic carboxylic acids is 1. The SMILES string of the molecule is CCCC(C)(NC(=O)c1ccc(N2CCOCC2)cc1)C(=O)O. The Hall–Kier alpha value is -2.08. The number of rotatable bonds is 6. The fourth-order valence-corrected chi connectivity index (χ4v) is 2.69. The number of carbonyl (C=O) groups excluding carboxylic acids is 1. The van der Waals surface area contributed by atoms with E-state index in [4.69, 9.17) is 4.74 Å². The number of carboxylic acids is 1. The minimum Gasteiger partial charge on any atom is -0.480 e. The molecule has 0 saturated carbocycles. The highest BCUT2D eigenvalue weighted by Gasteiger charge is 2.34. The lowest BCUT2D eigenvalue weighted by atomic mass is 9.95. The zero-order valence-electron chi connectivity index (χ0n) is 13.7. The van der Waals surface area contributed by atoms with Gasteiger partial charge in [-0.2, -0.15) is 0 Å². The monoisotopic (exact) mass is 320 g/mol. The van der Waals surface area contributed by atoms with Gasteiger partial charge in [0.2, 0.25) is 0 Å². The van der Waals surface area contributed by atoms with Crippen molar-refractivity contribution in [1.82, 2.24) is 5.32 Å². The number of carboxylic acid groups (broad SMARTS) is 1. The molecule has 2 N–H and O–H groups in total. The first-order chi connectivity index (χ1) is 11.0. The van der Waals surface area contributed by atoms with E-state index in [9.17, 15) is 14.7 Å². The Morgan fingerprint density at radius 3 is 2.39 bits per heavy atom. The van der Waals surface area contributed by atoms with Gasteiger partial charge >= 0.3 is 5.97 Å². The molecule has 1 aliphatic rings. The summed E-state index contributed by atoms with van der Waals surface area (Å²) in [7, 11) is 0. The van der Waals surface area contributed by atoms with E-state index in [2.05, 4.69) is 10.2 Å². The molecule has 126 valence electrons. The largest absolute Gasteiger partial charge is 0.480 e. The summed E-state index contributed by atoms with van der Waals surface area (Å²) in [6, 6.07) is 7.24. The second-order valence-corrected chi connectivity index (χ2v) is 5.99. The van der Waals surface area contributed by atoms with E-state index in [-0.39, 0.29) is 5.91 Å². The second kappa shape index (κ2) is 7.46. The molecule has 6 heteroatoms. The number of amides is 1. The van der Waals surface area contributed by atoms with Gasteiger partial charge in [0.25, 0.3) is 5.91 Å². The molecule has 1 atom stereocenters. The van der Waals surface area contributed by atoms with Gasteiger partial charge in [0.05, 0.1) is 13.2 Å². The number of benzene rings is 1. The fourth-order valence-electron chi connectivity index (χ4n) is 2.69. The molecular weight excluding hydrogens is 296 g/mol. The van der Waals surface area contributed by atoms with Crippen LogP contribution in [0.2, 0.25) is 0 Å². The molecule has 1 unspecified atom stereocenters. The van der Waals surface area contributed by atoms with E-state index in [0.717, 1.165) is 18.8 Å². The summed E-state index contributed by atoms with van der Waals surface area (Å²) >= 11 is 0. The van der Waals surface area contributed by atoms with Crippen LogP contribution >= 0.6 is 0 Å². The zero-order valence-corrected chi connectivity index (χ0v) is 13.7. The molecule has 1 aliphatic heterocycles. The summed E-state index contributed by atoms with van der Waals surface area (Å²) in [5, 5.41) is 12.0. The average Bonchev–Trinajstić information content (AvgIpc) is 2.56. The lowest BCUT2D eigenvalue weighted by molar-refractivity contribution is -0.144. The fraction of sp³-hybridized carbons (Fsp3) is 0.529. The molecule has 0 spiro atoms. The van der Waals surface area contributed by atoms with Crippen molar-refractivity contribution in [3.8, 4) is 0 Å². The quantitative estimate of drug-likeness (QED) is 0.837. The maximum atomic E-state index is 12.3. The van der Waals surface area contributed by atoms with Gasteiger partial charge in [0.1, 0.15) is 5.54 Å². The van der Waals surface area contributed by atoms with Gasteiger partial charge in [-0.25, -0.2) is 4.79 Å². The van der Waals surface area contributed by atoms with Crippen molar-refractivity contribution in [1.29, 1.82) is 0 Å². The molecule has 0 bridgehead atoms. The van der Waals surface area contributed by atoms with Crippen molar-refractivity contribution in [3.05, 3.63) is 29.8 Å². The molecule has 1 saturated heterocycles. The molecule has 0 radical (unpaired) electrons. The average molecular weight is 320 g/mol. The van der Waals surface area contributed by atoms with Crippen molar-refractivity contribution in [2.24, 2.45) is 0 Å². The number of morpholine rings is 1. The van der Waals surface area contributed by atoms with Crippen molar-refractivity contribution in [2.45, 2.75) is 32.2 Å². The third-order valence-corrected chi connectivity index (χ3v) is 4.12. The van der Waals surface area contributed by atoms with Crippen LogP contribution in [0.4, 0.5) is 5.69 Å². The molecule has 23 heavy (non-hydrogen) atoms. The highest BCUT2D eigenvalue weighted by Crippen LogP contribution is 2.18. The van der Waals surface area contributed by atoms with Gasteiger partial charge in [0.15, 0.2) is 0 Å². The van der Waals surface area contributed by atoms with Crippen LogP contribution in [-0.4, -0.2) is 48.8 Å². The Bertz CT molecular complexity index is 552. The Morgan fingerprint density at radius 1 is 1.26 bits per heavy atom. The Labute approximate surface area is 136 Å². The van der Waals surface area contributed by atoms with Gasteiger partial charge in [-0.1, -0.05) is 13.3 Å². The Kier molecular flexibility index (Phi) is 5.60. The van der Waals surface area contributed by atoms with Crippen LogP contribution in [0.15, 0.2) is 24.3 Å². The molecule has 2 rings (SSSR count). The van der Waals surface area contributed by atoms with Crippen LogP contribution in [0.5, 0.6) is 0 Å². The normalized spacial score (nSPS) is 17.4. The van der Waals surface area contributed by atoms with Crippen LogP contribution in [-0.2, 0) is 9.53 Å². The molecule has 1 amide bonds. The molecule has 1 fully saturated rings. The molecule has 1 heterocycles. The number of hydrogen-bond acceptors (Lipinski definition) is 4. The maximum absolute atomic E-state index is 12.3. The third-order valence-electron chi connectivity index (χ3n) is 4.12. The highest BCUT2D eigenvalue weighted by molar-refractivity contribution is 5.98. The van der Waals surface area contributed by atoms with Gasteiger partial charge in [-0.05, 0) is 37.6 Å². The van der Waals surface area contributed by atoms with Crippen LogP contribution in [0.3, 0.4) is 0 Å². The maximum Gasteiger partial charge on any atom is 0.329 e. The lowest BCUT2D eigenvalue weighted by Gasteiger charge is -2.29. The van der Waals surface area contributed by atoms with Gasteiger partial charge in [0, 0.05) is 24.3 Å². The summed E-state index contributed by atoms with van der Waals surface area (Å²) < 4.78 is 5.32. The van der Waals surface area contributed by atoms with Crippen LogP contribution in [0, 0.1) is 0 Å². The van der Waals surface area contributed by atoms with Crippen LogP contribution < -0.4 is 10.2 Å². The van der Waals surface area contributed by atoms with E-state index < -0.39 is 11.5 Å². The van der Waals surface area contributed by atoms with E-state index >= 15 is 0 Å². The number of anilines is 1. The number of ether oxygens (including phenoxy) is 1.